The molecule has 1 heterocycles. The highest BCUT2D eigenvalue weighted by molar-refractivity contribution is 9.11. The van der Waals surface area contributed by atoms with Crippen LogP contribution in [-0.4, -0.2) is 11.7 Å². The van der Waals surface area contributed by atoms with Crippen molar-refractivity contribution in [3.63, 3.8) is 0 Å². The van der Waals surface area contributed by atoms with Gasteiger partial charge in [0.1, 0.15) is 5.82 Å². The van der Waals surface area contributed by atoms with Gasteiger partial charge in [0.15, 0.2) is 0 Å². The molecular weight excluding hydrogens is 353 g/mol. The SMILES string of the molecule is NCC(c1ccc(F)cc1Cl)C(O)c1csc(Br)c1. The summed E-state index contributed by atoms with van der Waals surface area (Å²) in [6.45, 7) is 0.222. The highest BCUT2D eigenvalue weighted by atomic mass is 79.9. The molecule has 1 aromatic carbocycles. The van der Waals surface area contributed by atoms with E-state index in [1.165, 1.54) is 23.5 Å². The molecule has 0 saturated carbocycles. The van der Waals surface area contributed by atoms with Crippen molar-refractivity contribution in [1.82, 2.24) is 0 Å². The number of aliphatic hydroxyl groups excluding tert-OH is 1. The van der Waals surface area contributed by atoms with E-state index in [0.717, 1.165) is 9.35 Å². The van der Waals surface area contributed by atoms with Gasteiger partial charge in [-0.15, -0.1) is 11.3 Å². The standard InChI is InChI=1S/C13H12BrClFNOS/c14-12-3-7(6-19-12)13(18)10(5-17)9-2-1-8(16)4-11(9)15/h1-4,6,10,13,18H,5,17H2. The van der Waals surface area contributed by atoms with Gasteiger partial charge in [0.25, 0.3) is 0 Å². The maximum atomic E-state index is 13.1. The van der Waals surface area contributed by atoms with E-state index in [-0.39, 0.29) is 17.5 Å². The molecule has 2 aromatic rings. The summed E-state index contributed by atoms with van der Waals surface area (Å²) in [7, 11) is 0. The molecule has 0 aliphatic rings. The van der Waals surface area contributed by atoms with Crippen LogP contribution in [0.25, 0.3) is 0 Å². The Morgan fingerprint density at radius 2 is 2.16 bits per heavy atom. The topological polar surface area (TPSA) is 46.2 Å². The van der Waals surface area contributed by atoms with Crippen LogP contribution in [0.4, 0.5) is 4.39 Å². The Labute approximate surface area is 128 Å². The second kappa shape index (κ2) is 6.33. The van der Waals surface area contributed by atoms with Gasteiger partial charge in [0.05, 0.1) is 9.89 Å². The number of thiophene rings is 1. The van der Waals surface area contributed by atoms with Gasteiger partial charge in [-0.2, -0.15) is 0 Å². The van der Waals surface area contributed by atoms with E-state index in [1.807, 2.05) is 11.4 Å². The summed E-state index contributed by atoms with van der Waals surface area (Å²) in [4.78, 5) is 0. The summed E-state index contributed by atoms with van der Waals surface area (Å²) in [5.74, 6) is -0.771. The smallest absolute Gasteiger partial charge is 0.124 e. The van der Waals surface area contributed by atoms with E-state index in [0.29, 0.717) is 5.56 Å². The summed E-state index contributed by atoms with van der Waals surface area (Å²) in [5, 5.41) is 12.5. The predicted molar refractivity (Wildman–Crippen MR) is 80.2 cm³/mol. The van der Waals surface area contributed by atoms with Crippen LogP contribution < -0.4 is 5.73 Å². The van der Waals surface area contributed by atoms with Gasteiger partial charge in [0, 0.05) is 17.5 Å². The second-order valence-electron chi connectivity index (χ2n) is 4.14. The molecule has 0 saturated heterocycles. The van der Waals surface area contributed by atoms with Crippen molar-refractivity contribution in [3.05, 3.63) is 55.4 Å². The van der Waals surface area contributed by atoms with Crippen LogP contribution in [-0.2, 0) is 0 Å². The minimum absolute atomic E-state index is 0.222. The quantitative estimate of drug-likeness (QED) is 0.858. The van der Waals surface area contributed by atoms with Crippen molar-refractivity contribution >= 4 is 38.9 Å². The fourth-order valence-corrected chi connectivity index (χ4v) is 3.45. The van der Waals surface area contributed by atoms with Crippen LogP contribution in [0.3, 0.4) is 0 Å². The van der Waals surface area contributed by atoms with Gasteiger partial charge in [-0.3, -0.25) is 0 Å². The summed E-state index contributed by atoms with van der Waals surface area (Å²) in [6.07, 6.45) is -0.768. The molecule has 0 aliphatic carbocycles. The fourth-order valence-electron chi connectivity index (χ4n) is 1.94. The zero-order chi connectivity index (χ0) is 14.0. The molecule has 0 amide bonds. The molecule has 19 heavy (non-hydrogen) atoms. The maximum absolute atomic E-state index is 13.1. The lowest BCUT2D eigenvalue weighted by molar-refractivity contribution is 0.148. The minimum atomic E-state index is -0.768. The molecule has 3 N–H and O–H groups in total. The average Bonchev–Trinajstić information content (AvgIpc) is 2.79. The van der Waals surface area contributed by atoms with Gasteiger partial charge < -0.3 is 10.8 Å². The molecule has 0 bridgehead atoms. The first-order valence-electron chi connectivity index (χ1n) is 5.60. The molecule has 2 unspecified atom stereocenters. The van der Waals surface area contributed by atoms with Crippen LogP contribution >= 0.6 is 38.9 Å². The molecule has 2 rings (SSSR count). The lowest BCUT2D eigenvalue weighted by atomic mass is 9.90. The molecule has 0 fully saturated rings. The minimum Gasteiger partial charge on any atom is -0.388 e. The van der Waals surface area contributed by atoms with Crippen LogP contribution in [0.2, 0.25) is 5.02 Å². The molecule has 0 radical (unpaired) electrons. The lowest BCUT2D eigenvalue weighted by Crippen LogP contribution is -2.20. The Kier molecular flexibility index (Phi) is 4.97. The zero-order valence-corrected chi connectivity index (χ0v) is 13.0. The average molecular weight is 365 g/mol. The normalized spacial score (nSPS) is 14.4. The third-order valence-corrected chi connectivity index (χ3v) is 4.78. The molecule has 0 aliphatic heterocycles. The number of nitrogens with two attached hydrogens (primary N) is 1. The zero-order valence-electron chi connectivity index (χ0n) is 9.82. The van der Waals surface area contributed by atoms with Crippen molar-refractivity contribution in [2.75, 3.05) is 6.54 Å². The summed E-state index contributed by atoms with van der Waals surface area (Å²) >= 11 is 10.9. The third kappa shape index (κ3) is 3.35. The molecule has 1 aromatic heterocycles. The van der Waals surface area contributed by atoms with E-state index in [4.69, 9.17) is 17.3 Å². The van der Waals surface area contributed by atoms with Crippen molar-refractivity contribution in [2.24, 2.45) is 5.73 Å². The van der Waals surface area contributed by atoms with E-state index in [2.05, 4.69) is 15.9 Å². The van der Waals surface area contributed by atoms with Crippen LogP contribution in [0, 0.1) is 5.82 Å². The fraction of sp³-hybridized carbons (Fsp3) is 0.231. The first-order valence-corrected chi connectivity index (χ1v) is 7.65. The first-order chi connectivity index (χ1) is 9.02. The highest BCUT2D eigenvalue weighted by Gasteiger charge is 2.24. The Morgan fingerprint density at radius 3 is 2.68 bits per heavy atom. The summed E-state index contributed by atoms with van der Waals surface area (Å²) in [5.41, 5.74) is 7.16. The Bertz CT molecular complexity index is 578. The maximum Gasteiger partial charge on any atom is 0.124 e. The van der Waals surface area contributed by atoms with Gasteiger partial charge in [0.2, 0.25) is 0 Å². The Hall–Kier alpha value is -0.460. The molecular formula is C13H12BrClFNOS. The molecule has 2 nitrogen and oxygen atoms in total. The lowest BCUT2D eigenvalue weighted by Gasteiger charge is -2.22. The highest BCUT2D eigenvalue weighted by Crippen LogP contribution is 2.36. The number of hydrogen-bond donors (Lipinski definition) is 2. The van der Waals surface area contributed by atoms with Crippen molar-refractivity contribution in [1.29, 1.82) is 0 Å². The number of benzene rings is 1. The monoisotopic (exact) mass is 363 g/mol. The molecule has 6 heteroatoms. The number of rotatable bonds is 4. The number of halogens is 3. The molecule has 2 atom stereocenters. The molecule has 0 spiro atoms. The number of hydrogen-bond acceptors (Lipinski definition) is 3. The summed E-state index contributed by atoms with van der Waals surface area (Å²) in [6, 6.07) is 5.96. The van der Waals surface area contributed by atoms with E-state index in [9.17, 15) is 9.50 Å². The first kappa shape index (κ1) is 14.9. The van der Waals surface area contributed by atoms with Crippen molar-refractivity contribution in [3.8, 4) is 0 Å². The van der Waals surface area contributed by atoms with Crippen molar-refractivity contribution < 1.29 is 9.50 Å². The summed E-state index contributed by atoms with van der Waals surface area (Å²) < 4.78 is 14.0. The van der Waals surface area contributed by atoms with Gasteiger partial charge >= 0.3 is 0 Å². The Balaban J connectivity index is 2.33. The van der Waals surface area contributed by atoms with Gasteiger partial charge in [-0.25, -0.2) is 4.39 Å². The van der Waals surface area contributed by atoms with Gasteiger partial charge in [-0.05, 0) is 50.6 Å². The molecule has 102 valence electrons. The van der Waals surface area contributed by atoms with E-state index >= 15 is 0 Å². The van der Waals surface area contributed by atoms with Crippen LogP contribution in [0.1, 0.15) is 23.1 Å². The van der Waals surface area contributed by atoms with Crippen molar-refractivity contribution in [2.45, 2.75) is 12.0 Å². The van der Waals surface area contributed by atoms with Crippen LogP contribution in [0.5, 0.6) is 0 Å². The van der Waals surface area contributed by atoms with Gasteiger partial charge in [-0.1, -0.05) is 17.7 Å². The van der Waals surface area contributed by atoms with E-state index < -0.39 is 11.9 Å². The van der Waals surface area contributed by atoms with Crippen LogP contribution in [0.15, 0.2) is 33.4 Å². The Morgan fingerprint density at radius 1 is 1.42 bits per heavy atom. The predicted octanol–water partition coefficient (Wildman–Crippen LogP) is 4.08. The largest absolute Gasteiger partial charge is 0.388 e. The second-order valence-corrected chi connectivity index (χ2v) is 6.83. The third-order valence-electron chi connectivity index (χ3n) is 2.93. The number of aliphatic hydroxyl groups is 1. The van der Waals surface area contributed by atoms with E-state index in [1.54, 1.807) is 6.07 Å².